The second kappa shape index (κ2) is 6.12. The highest BCUT2D eigenvalue weighted by Crippen LogP contribution is 2.30. The van der Waals surface area contributed by atoms with Crippen molar-refractivity contribution in [1.29, 1.82) is 0 Å². The van der Waals surface area contributed by atoms with Crippen LogP contribution in [0.1, 0.15) is 33.8 Å². The van der Waals surface area contributed by atoms with Crippen LogP contribution >= 0.6 is 0 Å². The first-order chi connectivity index (χ1) is 11.1. The van der Waals surface area contributed by atoms with E-state index < -0.39 is 0 Å². The molecule has 0 radical (unpaired) electrons. The molecule has 1 unspecified atom stereocenters. The Morgan fingerprint density at radius 3 is 2.83 bits per heavy atom. The van der Waals surface area contributed by atoms with E-state index in [0.717, 1.165) is 18.4 Å². The highest BCUT2D eigenvalue weighted by atomic mass is 16.5. The van der Waals surface area contributed by atoms with Gasteiger partial charge in [0.2, 0.25) is 5.95 Å². The van der Waals surface area contributed by atoms with Crippen LogP contribution in [0.4, 0.5) is 11.8 Å². The van der Waals surface area contributed by atoms with Crippen molar-refractivity contribution in [3.63, 3.8) is 0 Å². The molecule has 1 aliphatic heterocycles. The molecule has 1 aromatic carbocycles. The molecule has 7 nitrogen and oxygen atoms in total. The monoisotopic (exact) mass is 314 g/mol. The highest BCUT2D eigenvalue weighted by molar-refractivity contribution is 5.89. The zero-order valence-electron chi connectivity index (χ0n) is 12.8. The first-order valence-electron chi connectivity index (χ1n) is 7.39. The summed E-state index contributed by atoms with van der Waals surface area (Å²) in [5.41, 5.74) is 7.67. The van der Waals surface area contributed by atoms with E-state index in [1.165, 1.54) is 7.11 Å². The number of nitrogens with one attached hydrogen (secondary N) is 2. The molecule has 0 spiro atoms. The third-order valence-electron chi connectivity index (χ3n) is 4.05. The highest BCUT2D eigenvalue weighted by Gasteiger charge is 2.26. The third kappa shape index (κ3) is 3.03. The number of hydrogen-bond donors (Lipinski definition) is 3. The first-order valence-corrected chi connectivity index (χ1v) is 7.39. The molecule has 3 rings (SSSR count). The number of ether oxygens (including phenoxy) is 1. The van der Waals surface area contributed by atoms with Crippen LogP contribution in [0.25, 0.3) is 0 Å². The molecule has 1 atom stereocenters. The number of nitrogens with zero attached hydrogens (tertiary/aromatic N) is 1. The Balaban J connectivity index is 1.69. The number of nitrogens with two attached hydrogens (primary N) is 1. The summed E-state index contributed by atoms with van der Waals surface area (Å²) >= 11 is 0. The minimum Gasteiger partial charge on any atom is -0.465 e. The van der Waals surface area contributed by atoms with E-state index >= 15 is 0 Å². The number of carbonyl (C=O) groups is 1. The molecule has 1 aliphatic rings. The summed E-state index contributed by atoms with van der Waals surface area (Å²) < 4.78 is 4.68. The number of rotatable bonds is 4. The van der Waals surface area contributed by atoms with Gasteiger partial charge in [-0.05, 0) is 30.5 Å². The zero-order chi connectivity index (χ0) is 16.4. The van der Waals surface area contributed by atoms with Gasteiger partial charge in [-0.1, -0.05) is 12.1 Å². The molecule has 0 aliphatic carbocycles. The maximum atomic E-state index is 12.0. The van der Waals surface area contributed by atoms with E-state index in [9.17, 15) is 9.59 Å². The summed E-state index contributed by atoms with van der Waals surface area (Å²) in [7, 11) is 1.36. The quantitative estimate of drug-likeness (QED) is 0.733. The molecule has 0 saturated carbocycles. The molecule has 23 heavy (non-hydrogen) atoms. The molecular formula is C16H18N4O3. The molecule has 0 bridgehead atoms. The van der Waals surface area contributed by atoms with Gasteiger partial charge in [0, 0.05) is 12.5 Å². The number of esters is 1. The zero-order valence-corrected chi connectivity index (χ0v) is 12.8. The van der Waals surface area contributed by atoms with E-state index in [1.54, 1.807) is 12.1 Å². The summed E-state index contributed by atoms with van der Waals surface area (Å²) in [5.74, 6) is 0.459. The van der Waals surface area contributed by atoms with Gasteiger partial charge in [0.05, 0.1) is 18.2 Å². The number of aryl methyl sites for hydroxylation is 1. The van der Waals surface area contributed by atoms with Crippen LogP contribution in [0, 0.1) is 0 Å². The Labute approximate surface area is 132 Å². The standard InChI is InChI=1S/C16H18N4O3/c1-23-15(22)10-5-2-9(3-6-10)4-7-11-8-18-13-12(11)14(21)20-16(17)19-13/h2-3,5-6,11H,4,7-8H2,1H3,(H4,17,18,19,20,21). The minimum absolute atomic E-state index is 0.0992. The molecular weight excluding hydrogens is 296 g/mol. The number of hydrogen-bond acceptors (Lipinski definition) is 6. The predicted molar refractivity (Wildman–Crippen MR) is 86.6 cm³/mol. The predicted octanol–water partition coefficient (Wildman–Crippen LogP) is 1.28. The molecule has 7 heteroatoms. The lowest BCUT2D eigenvalue weighted by molar-refractivity contribution is 0.0600. The number of fused-ring (bicyclic) bond motifs is 1. The van der Waals surface area contributed by atoms with Crippen molar-refractivity contribution in [2.45, 2.75) is 18.8 Å². The molecule has 1 aromatic heterocycles. The normalized spacial score (nSPS) is 15.8. The van der Waals surface area contributed by atoms with Crippen LogP contribution in [0.3, 0.4) is 0 Å². The number of H-pyrrole nitrogens is 1. The number of aromatic amines is 1. The van der Waals surface area contributed by atoms with Gasteiger partial charge in [-0.25, -0.2) is 4.79 Å². The number of carbonyl (C=O) groups excluding carboxylic acids is 1. The van der Waals surface area contributed by atoms with Crippen molar-refractivity contribution in [1.82, 2.24) is 9.97 Å². The molecule has 0 saturated heterocycles. The van der Waals surface area contributed by atoms with Crippen LogP contribution < -0.4 is 16.6 Å². The van der Waals surface area contributed by atoms with Crippen LogP contribution in [0.5, 0.6) is 0 Å². The van der Waals surface area contributed by atoms with E-state index in [0.29, 0.717) is 23.5 Å². The van der Waals surface area contributed by atoms with Crippen molar-refractivity contribution in [3.05, 3.63) is 51.3 Å². The molecule has 2 aromatic rings. The fraction of sp³-hybridized carbons (Fsp3) is 0.312. The van der Waals surface area contributed by atoms with Gasteiger partial charge in [-0.3, -0.25) is 9.78 Å². The largest absolute Gasteiger partial charge is 0.465 e. The smallest absolute Gasteiger partial charge is 0.337 e. The lowest BCUT2D eigenvalue weighted by Gasteiger charge is -2.09. The van der Waals surface area contributed by atoms with Crippen LogP contribution in [-0.4, -0.2) is 29.6 Å². The van der Waals surface area contributed by atoms with Crippen molar-refractivity contribution in [2.75, 3.05) is 24.7 Å². The molecule has 0 amide bonds. The Bertz CT molecular complexity index is 783. The fourth-order valence-corrected chi connectivity index (χ4v) is 2.85. The van der Waals surface area contributed by atoms with Gasteiger partial charge >= 0.3 is 5.97 Å². The van der Waals surface area contributed by atoms with E-state index in [1.807, 2.05) is 12.1 Å². The van der Waals surface area contributed by atoms with Crippen molar-refractivity contribution >= 4 is 17.7 Å². The summed E-state index contributed by atoms with van der Waals surface area (Å²) in [6.07, 6.45) is 1.61. The molecule has 0 fully saturated rings. The second-order valence-electron chi connectivity index (χ2n) is 5.52. The average molecular weight is 314 g/mol. The SMILES string of the molecule is COC(=O)c1ccc(CCC2CNc3nc(N)[nH]c(=O)c32)cc1. The van der Waals surface area contributed by atoms with Gasteiger partial charge in [0.15, 0.2) is 0 Å². The summed E-state index contributed by atoms with van der Waals surface area (Å²) in [5, 5.41) is 3.13. The molecule has 120 valence electrons. The van der Waals surface area contributed by atoms with Crippen molar-refractivity contribution < 1.29 is 9.53 Å². The van der Waals surface area contributed by atoms with E-state index in [-0.39, 0.29) is 23.4 Å². The van der Waals surface area contributed by atoms with Gasteiger partial charge < -0.3 is 15.8 Å². The van der Waals surface area contributed by atoms with Crippen LogP contribution in [-0.2, 0) is 11.2 Å². The number of aromatic nitrogens is 2. The van der Waals surface area contributed by atoms with Gasteiger partial charge in [-0.2, -0.15) is 4.98 Å². The van der Waals surface area contributed by atoms with Crippen LogP contribution in [0.2, 0.25) is 0 Å². The summed E-state index contributed by atoms with van der Waals surface area (Å²) in [4.78, 5) is 30.1. The average Bonchev–Trinajstić information content (AvgIpc) is 2.95. The summed E-state index contributed by atoms with van der Waals surface area (Å²) in [6, 6.07) is 7.30. The number of anilines is 2. The maximum absolute atomic E-state index is 12.0. The second-order valence-corrected chi connectivity index (χ2v) is 5.52. The van der Waals surface area contributed by atoms with Crippen molar-refractivity contribution in [3.8, 4) is 0 Å². The number of methoxy groups -OCH3 is 1. The molecule has 4 N–H and O–H groups in total. The third-order valence-corrected chi connectivity index (χ3v) is 4.05. The van der Waals surface area contributed by atoms with E-state index in [2.05, 4.69) is 20.0 Å². The number of nitrogen functional groups attached to an aromatic ring is 1. The minimum atomic E-state index is -0.347. The van der Waals surface area contributed by atoms with E-state index in [4.69, 9.17) is 5.73 Å². The lowest BCUT2D eigenvalue weighted by Crippen LogP contribution is -2.17. The topological polar surface area (TPSA) is 110 Å². The number of benzene rings is 1. The van der Waals surface area contributed by atoms with Gasteiger partial charge in [0.25, 0.3) is 5.56 Å². The Morgan fingerprint density at radius 1 is 1.39 bits per heavy atom. The van der Waals surface area contributed by atoms with Gasteiger partial charge in [0.1, 0.15) is 5.82 Å². The Morgan fingerprint density at radius 2 is 2.13 bits per heavy atom. The van der Waals surface area contributed by atoms with Crippen molar-refractivity contribution in [2.24, 2.45) is 0 Å². The lowest BCUT2D eigenvalue weighted by atomic mass is 9.95. The fourth-order valence-electron chi connectivity index (χ4n) is 2.85. The summed E-state index contributed by atoms with van der Waals surface area (Å²) in [6.45, 7) is 0.676. The molecule has 2 heterocycles. The van der Waals surface area contributed by atoms with Gasteiger partial charge in [-0.15, -0.1) is 0 Å². The first kappa shape index (κ1) is 15.1. The van der Waals surface area contributed by atoms with Crippen LogP contribution in [0.15, 0.2) is 29.1 Å². The Kier molecular flexibility index (Phi) is 4.01. The maximum Gasteiger partial charge on any atom is 0.337 e. The Hall–Kier alpha value is -2.83.